The summed E-state index contributed by atoms with van der Waals surface area (Å²) in [6.07, 6.45) is 1.24. The molecular formula is C79H98N12O17. The number of nitrogens with zero attached hydrogens (tertiary/aromatic N) is 12. The summed E-state index contributed by atoms with van der Waals surface area (Å²) in [5, 5.41) is 0. The summed E-state index contributed by atoms with van der Waals surface area (Å²) in [6, 6.07) is 19.7. The number of carbonyl (C=O) groups is 6. The summed E-state index contributed by atoms with van der Waals surface area (Å²) >= 11 is 0. The van der Waals surface area contributed by atoms with Crippen LogP contribution in [0.1, 0.15) is 103 Å². The minimum Gasteiger partial charge on any atom is -0.454 e. The first-order valence-corrected chi connectivity index (χ1v) is 38.1. The van der Waals surface area contributed by atoms with E-state index in [1.54, 1.807) is 72.8 Å². The molecule has 0 N–H and O–H groups in total. The summed E-state index contributed by atoms with van der Waals surface area (Å²) in [7, 11) is 0. The molecule has 2 unspecified atom stereocenters. The standard InChI is InChI=1S/C79H98N12O17/c92-69(56-1-7-62(80-50-56)13-19-86-25-37-98-38-26-86)49-68-70(104-75(93)57-2-8-63(81-51-57)14-20-87-27-39-99-40-28-87)72(106-77(95)59-4-10-65(83-53-59)16-22-89-31-43-101-44-32-89)74(108-79(97)61-6-12-67(85-55-61)18-24-91-35-47-103-48-36-91)73(107-78(96)60-5-11-66(84-54-60)17-23-90-33-45-102-46-34-90)71(68)105-76(94)58-3-9-64(82-52-58)15-21-88-29-41-100-42-30-88/h1-12,50-55,68,70-74H,13-49H2/t68?,70-,71+,72-,73-,74?/m1/s1. The summed E-state index contributed by atoms with van der Waals surface area (Å²) < 4.78 is 67.0. The Morgan fingerprint density at radius 2 is 0.454 bits per heavy atom. The first kappa shape index (κ1) is 77.6. The van der Waals surface area contributed by atoms with E-state index in [0.29, 0.717) is 186 Å². The molecule has 1 aliphatic carbocycles. The molecule has 0 spiro atoms. The lowest BCUT2D eigenvalue weighted by atomic mass is 9.74. The number of ketones is 1. The fourth-order valence-electron chi connectivity index (χ4n) is 14.3. The molecule has 0 bridgehead atoms. The topological polar surface area (TPSA) is 301 Å². The van der Waals surface area contributed by atoms with Gasteiger partial charge in [0, 0.05) is 246 Å². The van der Waals surface area contributed by atoms with Gasteiger partial charge < -0.3 is 52.1 Å². The highest BCUT2D eigenvalue weighted by molar-refractivity contribution is 5.97. The van der Waals surface area contributed by atoms with Crippen molar-refractivity contribution >= 4 is 35.6 Å². The second-order valence-electron chi connectivity index (χ2n) is 28.1. The Bertz CT molecular complexity index is 3190. The molecule has 6 saturated heterocycles. The van der Waals surface area contributed by atoms with Crippen molar-refractivity contribution in [3.05, 3.63) is 178 Å². The second-order valence-corrected chi connectivity index (χ2v) is 28.1. The molecule has 29 heteroatoms. The molecule has 0 amide bonds. The number of esters is 5. The highest BCUT2D eigenvalue weighted by atomic mass is 16.7. The van der Waals surface area contributed by atoms with Gasteiger partial charge in [0.25, 0.3) is 0 Å². The van der Waals surface area contributed by atoms with Crippen molar-refractivity contribution in [3.63, 3.8) is 0 Å². The third kappa shape index (κ3) is 22.3. The predicted molar refractivity (Wildman–Crippen MR) is 390 cm³/mol. The van der Waals surface area contributed by atoms with E-state index in [-0.39, 0.29) is 33.4 Å². The Labute approximate surface area is 629 Å². The van der Waals surface area contributed by atoms with Crippen LogP contribution in [0.2, 0.25) is 0 Å². The maximum atomic E-state index is 15.6. The van der Waals surface area contributed by atoms with Gasteiger partial charge in [0.2, 0.25) is 0 Å². The highest BCUT2D eigenvalue weighted by Crippen LogP contribution is 2.41. The van der Waals surface area contributed by atoms with Crippen LogP contribution in [0.15, 0.2) is 110 Å². The smallest absolute Gasteiger partial charge is 0.340 e. The van der Waals surface area contributed by atoms with Crippen LogP contribution >= 0.6 is 0 Å². The maximum Gasteiger partial charge on any atom is 0.340 e. The number of rotatable bonds is 31. The van der Waals surface area contributed by atoms with Crippen LogP contribution in [-0.4, -0.2) is 323 Å². The number of Topliss-reactive ketones (excluding diaryl/α,β-unsaturated/α-hetero) is 1. The zero-order valence-electron chi connectivity index (χ0n) is 61.3. The van der Waals surface area contributed by atoms with Crippen molar-refractivity contribution in [3.8, 4) is 0 Å². The van der Waals surface area contributed by atoms with Gasteiger partial charge in [-0.3, -0.25) is 64.1 Å². The Morgan fingerprint density at radius 3 is 0.648 bits per heavy atom. The Hall–Kier alpha value is -8.56. The van der Waals surface area contributed by atoms with Crippen molar-refractivity contribution in [1.29, 1.82) is 0 Å². The minimum absolute atomic E-state index is 0.0369. The van der Waals surface area contributed by atoms with Gasteiger partial charge in [-0.1, -0.05) is 0 Å². The number of hydrogen-bond donors (Lipinski definition) is 0. The molecule has 1 saturated carbocycles. The number of hydrogen-bond acceptors (Lipinski definition) is 29. The lowest BCUT2D eigenvalue weighted by Gasteiger charge is -2.48. The third-order valence-corrected chi connectivity index (χ3v) is 21.0. The predicted octanol–water partition coefficient (Wildman–Crippen LogP) is 3.64. The van der Waals surface area contributed by atoms with E-state index in [0.717, 1.165) is 84.2 Å². The normalized spacial score (nSPS) is 22.4. The quantitative estimate of drug-likeness (QED) is 0.0341. The molecule has 13 rings (SSSR count). The van der Waals surface area contributed by atoms with E-state index in [4.69, 9.17) is 67.1 Å². The average molecular weight is 1490 g/mol. The molecule has 12 heterocycles. The molecule has 0 aromatic carbocycles. The van der Waals surface area contributed by atoms with E-state index >= 15 is 28.8 Å². The van der Waals surface area contributed by atoms with E-state index in [2.05, 4.69) is 44.4 Å². The molecule has 0 radical (unpaired) electrons. The van der Waals surface area contributed by atoms with Gasteiger partial charge in [-0.25, -0.2) is 24.0 Å². The first-order valence-electron chi connectivity index (χ1n) is 38.1. The average Bonchev–Trinajstić information content (AvgIpc) is 0.748. The number of aromatic nitrogens is 6. The molecule has 108 heavy (non-hydrogen) atoms. The van der Waals surface area contributed by atoms with E-state index in [1.165, 1.54) is 37.2 Å². The van der Waals surface area contributed by atoms with Crippen LogP contribution in [0.3, 0.4) is 0 Å². The van der Waals surface area contributed by atoms with Gasteiger partial charge in [-0.2, -0.15) is 0 Å². The van der Waals surface area contributed by atoms with Crippen LogP contribution in [-0.2, 0) is 90.6 Å². The fourth-order valence-corrected chi connectivity index (χ4v) is 14.3. The largest absolute Gasteiger partial charge is 0.454 e. The second kappa shape index (κ2) is 39.7. The van der Waals surface area contributed by atoms with E-state index in [9.17, 15) is 0 Å². The SMILES string of the molecule is O=C(CC1[C@@H](OC(=O)c2ccc(CCN3CCOCC3)nc2)[C@@H](OC(=O)c2ccc(CCN3CCOCC3)nc2)C(OC(=O)c2ccc(CCN3CCOCC3)nc2)[C@H](OC(=O)c2ccc(CCN3CCOCC3)nc2)[C@H]1OC(=O)c1ccc(CCN2CCOCC2)nc1)c1ccc(CCN2CCOCC2)nc1. The van der Waals surface area contributed by atoms with Gasteiger partial charge in [0.15, 0.2) is 24.1 Å². The van der Waals surface area contributed by atoms with Crippen molar-refractivity contribution < 1.29 is 80.9 Å². The molecule has 6 aromatic rings. The number of pyridine rings is 6. The van der Waals surface area contributed by atoms with Crippen LogP contribution in [0.25, 0.3) is 0 Å². The minimum atomic E-state index is -2.02. The summed E-state index contributed by atoms with van der Waals surface area (Å²) in [5.74, 6) is -7.26. The summed E-state index contributed by atoms with van der Waals surface area (Å²) in [4.78, 5) is 135. The van der Waals surface area contributed by atoms with Crippen molar-refractivity contribution in [2.45, 2.75) is 75.5 Å². The van der Waals surface area contributed by atoms with Crippen molar-refractivity contribution in [1.82, 2.24) is 59.3 Å². The fraction of sp³-hybridized carbons (Fsp3) is 0.544. The lowest BCUT2D eigenvalue weighted by molar-refractivity contribution is -0.205. The number of morpholine rings is 6. The Morgan fingerprint density at radius 1 is 0.269 bits per heavy atom. The summed E-state index contributed by atoms with van der Waals surface area (Å²) in [5.41, 5.74) is 4.03. The molecule has 6 aliphatic heterocycles. The molecule has 7 fully saturated rings. The molecular weight excluding hydrogens is 1390 g/mol. The molecule has 6 aromatic heterocycles. The van der Waals surface area contributed by atoms with Gasteiger partial charge in [0.05, 0.1) is 107 Å². The third-order valence-electron chi connectivity index (χ3n) is 21.0. The van der Waals surface area contributed by atoms with Crippen LogP contribution in [0, 0.1) is 5.92 Å². The lowest BCUT2D eigenvalue weighted by Crippen LogP contribution is -2.66. The number of ether oxygens (including phenoxy) is 11. The van der Waals surface area contributed by atoms with Gasteiger partial charge >= 0.3 is 29.8 Å². The zero-order chi connectivity index (χ0) is 74.2. The Kier molecular flexibility index (Phi) is 28.5. The molecule has 6 atom stereocenters. The van der Waals surface area contributed by atoms with Gasteiger partial charge in [-0.05, 0) is 72.8 Å². The molecule has 576 valence electrons. The monoisotopic (exact) mass is 1490 g/mol. The number of carbonyl (C=O) groups excluding carboxylic acids is 6. The van der Waals surface area contributed by atoms with Gasteiger partial charge in [-0.15, -0.1) is 0 Å². The first-order chi connectivity index (χ1) is 53.0. The summed E-state index contributed by atoms with van der Waals surface area (Å²) in [6.45, 7) is 20.7. The zero-order valence-corrected chi connectivity index (χ0v) is 61.3. The van der Waals surface area contributed by atoms with E-state index < -0.39 is 78.5 Å². The maximum absolute atomic E-state index is 15.6. The van der Waals surface area contributed by atoms with Crippen LogP contribution in [0.4, 0.5) is 0 Å². The molecule has 29 nitrogen and oxygen atoms in total. The highest BCUT2D eigenvalue weighted by Gasteiger charge is 2.60. The van der Waals surface area contributed by atoms with Gasteiger partial charge in [0.1, 0.15) is 12.2 Å². The van der Waals surface area contributed by atoms with Crippen molar-refractivity contribution in [2.24, 2.45) is 5.92 Å². The van der Waals surface area contributed by atoms with Crippen LogP contribution in [0.5, 0.6) is 0 Å². The van der Waals surface area contributed by atoms with E-state index in [1.807, 2.05) is 0 Å². The van der Waals surface area contributed by atoms with Crippen molar-refractivity contribution in [2.75, 3.05) is 197 Å². The van der Waals surface area contributed by atoms with Crippen LogP contribution < -0.4 is 0 Å². The molecule has 7 aliphatic rings. The Balaban J connectivity index is 0.902.